The van der Waals surface area contributed by atoms with Gasteiger partial charge in [-0.3, -0.25) is 9.69 Å². The first-order valence-corrected chi connectivity index (χ1v) is 7.64. The Morgan fingerprint density at radius 1 is 1.25 bits per heavy atom. The average molecular weight is 295 g/mol. The number of hydrogen-bond donors (Lipinski definition) is 1. The lowest BCUT2D eigenvalue weighted by atomic mass is 9.91. The first-order valence-electron chi connectivity index (χ1n) is 7.26. The van der Waals surface area contributed by atoms with Crippen molar-refractivity contribution in [3.05, 3.63) is 29.3 Å². The normalized spacial score (nSPS) is 25.2. The van der Waals surface area contributed by atoms with E-state index in [1.807, 2.05) is 19.1 Å². The lowest BCUT2D eigenvalue weighted by Crippen LogP contribution is -2.48. The van der Waals surface area contributed by atoms with Gasteiger partial charge in [0.15, 0.2) is 0 Å². The highest BCUT2D eigenvalue weighted by atomic mass is 35.5. The standard InChI is InChI=1S/C16H23ClN2O/c1-11-8-12(2)10-19(9-11)13(3)16(20)18-15-6-4-14(17)5-7-15/h4-7,11-13H,8-10H2,1-3H3,(H,18,20)/t11-,12+,13-/m0/s1. The van der Waals surface area contributed by atoms with Crippen LogP contribution in [0.3, 0.4) is 0 Å². The van der Waals surface area contributed by atoms with Crippen molar-refractivity contribution >= 4 is 23.2 Å². The van der Waals surface area contributed by atoms with Crippen LogP contribution in [0.15, 0.2) is 24.3 Å². The van der Waals surface area contributed by atoms with E-state index in [0.29, 0.717) is 16.9 Å². The number of nitrogens with one attached hydrogen (secondary N) is 1. The number of hydrogen-bond acceptors (Lipinski definition) is 2. The summed E-state index contributed by atoms with van der Waals surface area (Å²) >= 11 is 5.84. The van der Waals surface area contributed by atoms with E-state index in [1.54, 1.807) is 12.1 Å². The summed E-state index contributed by atoms with van der Waals surface area (Å²) in [5.74, 6) is 1.36. The highest BCUT2D eigenvalue weighted by Crippen LogP contribution is 2.23. The van der Waals surface area contributed by atoms with Gasteiger partial charge in [0.2, 0.25) is 5.91 Å². The van der Waals surface area contributed by atoms with Gasteiger partial charge in [-0.2, -0.15) is 0 Å². The van der Waals surface area contributed by atoms with E-state index in [4.69, 9.17) is 11.6 Å². The number of carbonyl (C=O) groups is 1. The number of rotatable bonds is 3. The lowest BCUT2D eigenvalue weighted by Gasteiger charge is -2.38. The molecule has 3 nitrogen and oxygen atoms in total. The van der Waals surface area contributed by atoms with Crippen molar-refractivity contribution in [2.24, 2.45) is 11.8 Å². The van der Waals surface area contributed by atoms with E-state index in [0.717, 1.165) is 18.8 Å². The smallest absolute Gasteiger partial charge is 0.241 e. The summed E-state index contributed by atoms with van der Waals surface area (Å²) in [4.78, 5) is 14.6. The van der Waals surface area contributed by atoms with Gasteiger partial charge < -0.3 is 5.32 Å². The minimum atomic E-state index is -0.101. The van der Waals surface area contributed by atoms with Crippen molar-refractivity contribution < 1.29 is 4.79 Å². The molecule has 1 aliphatic heterocycles. The molecule has 0 radical (unpaired) electrons. The summed E-state index contributed by atoms with van der Waals surface area (Å²) in [6, 6.07) is 7.12. The minimum absolute atomic E-state index is 0.0497. The number of benzene rings is 1. The zero-order valence-electron chi connectivity index (χ0n) is 12.4. The zero-order valence-corrected chi connectivity index (χ0v) is 13.2. The van der Waals surface area contributed by atoms with Crippen LogP contribution in [0, 0.1) is 11.8 Å². The number of carbonyl (C=O) groups excluding carboxylic acids is 1. The van der Waals surface area contributed by atoms with E-state index in [9.17, 15) is 4.79 Å². The first kappa shape index (κ1) is 15.3. The Kier molecular flexibility index (Phi) is 5.06. The van der Waals surface area contributed by atoms with E-state index in [2.05, 4.69) is 24.1 Å². The molecule has 20 heavy (non-hydrogen) atoms. The van der Waals surface area contributed by atoms with Crippen LogP contribution in [-0.2, 0) is 4.79 Å². The maximum atomic E-state index is 12.3. The monoisotopic (exact) mass is 294 g/mol. The van der Waals surface area contributed by atoms with Gasteiger partial charge in [0.05, 0.1) is 6.04 Å². The van der Waals surface area contributed by atoms with E-state index < -0.39 is 0 Å². The van der Waals surface area contributed by atoms with Crippen molar-refractivity contribution in [2.75, 3.05) is 18.4 Å². The molecule has 1 N–H and O–H groups in total. The second kappa shape index (κ2) is 6.59. The summed E-state index contributed by atoms with van der Waals surface area (Å²) in [6.07, 6.45) is 1.25. The van der Waals surface area contributed by atoms with Crippen LogP contribution in [0.4, 0.5) is 5.69 Å². The molecule has 1 amide bonds. The lowest BCUT2D eigenvalue weighted by molar-refractivity contribution is -0.121. The van der Waals surface area contributed by atoms with Gasteiger partial charge in [0, 0.05) is 23.8 Å². The van der Waals surface area contributed by atoms with Gasteiger partial charge in [0.1, 0.15) is 0 Å². The van der Waals surface area contributed by atoms with Crippen molar-refractivity contribution in [3.8, 4) is 0 Å². The molecule has 3 atom stereocenters. The van der Waals surface area contributed by atoms with Gasteiger partial charge >= 0.3 is 0 Å². The predicted molar refractivity (Wildman–Crippen MR) is 84.1 cm³/mol. The number of anilines is 1. The summed E-state index contributed by atoms with van der Waals surface area (Å²) in [7, 11) is 0. The third kappa shape index (κ3) is 3.97. The molecule has 4 heteroatoms. The second-order valence-electron chi connectivity index (χ2n) is 6.07. The Morgan fingerprint density at radius 3 is 2.35 bits per heavy atom. The van der Waals surface area contributed by atoms with Crippen LogP contribution in [0.25, 0.3) is 0 Å². The molecule has 0 saturated carbocycles. The largest absolute Gasteiger partial charge is 0.325 e. The fourth-order valence-electron chi connectivity index (χ4n) is 2.97. The van der Waals surface area contributed by atoms with Crippen LogP contribution in [0.1, 0.15) is 27.2 Å². The molecule has 1 fully saturated rings. The number of likely N-dealkylation sites (tertiary alicyclic amines) is 1. The summed E-state index contributed by atoms with van der Waals surface area (Å²) in [5, 5.41) is 3.63. The zero-order chi connectivity index (χ0) is 14.7. The molecule has 2 rings (SSSR count). The van der Waals surface area contributed by atoms with E-state index >= 15 is 0 Å². The van der Waals surface area contributed by atoms with Crippen LogP contribution in [-0.4, -0.2) is 29.9 Å². The topological polar surface area (TPSA) is 32.3 Å². The van der Waals surface area contributed by atoms with Crippen LogP contribution >= 0.6 is 11.6 Å². The van der Waals surface area contributed by atoms with Gasteiger partial charge in [-0.15, -0.1) is 0 Å². The van der Waals surface area contributed by atoms with Crippen molar-refractivity contribution in [2.45, 2.75) is 33.2 Å². The number of amides is 1. The maximum absolute atomic E-state index is 12.3. The third-order valence-electron chi connectivity index (χ3n) is 3.94. The van der Waals surface area contributed by atoms with Gasteiger partial charge in [-0.05, 0) is 49.4 Å². The molecule has 1 aromatic rings. The van der Waals surface area contributed by atoms with E-state index in [-0.39, 0.29) is 11.9 Å². The number of nitrogens with zero attached hydrogens (tertiary/aromatic N) is 1. The molecule has 1 heterocycles. The first-order chi connectivity index (χ1) is 9.45. The SMILES string of the molecule is C[C@@H]1C[C@H](C)CN([C@@H](C)C(=O)Nc2ccc(Cl)cc2)C1. The summed E-state index contributed by atoms with van der Waals surface area (Å²) in [5.41, 5.74) is 0.796. The molecule has 1 aliphatic rings. The summed E-state index contributed by atoms with van der Waals surface area (Å²) in [6.45, 7) is 8.49. The Hall–Kier alpha value is -1.06. The van der Waals surface area contributed by atoms with Gasteiger partial charge in [0.25, 0.3) is 0 Å². The van der Waals surface area contributed by atoms with Crippen molar-refractivity contribution in [1.29, 1.82) is 0 Å². The third-order valence-corrected chi connectivity index (χ3v) is 4.19. The number of halogens is 1. The summed E-state index contributed by atoms with van der Waals surface area (Å²) < 4.78 is 0. The Morgan fingerprint density at radius 2 is 1.80 bits per heavy atom. The fourth-order valence-corrected chi connectivity index (χ4v) is 3.10. The van der Waals surface area contributed by atoms with Gasteiger partial charge in [-0.1, -0.05) is 25.4 Å². The van der Waals surface area contributed by atoms with Crippen molar-refractivity contribution in [3.63, 3.8) is 0 Å². The van der Waals surface area contributed by atoms with E-state index in [1.165, 1.54) is 6.42 Å². The second-order valence-corrected chi connectivity index (χ2v) is 6.51. The minimum Gasteiger partial charge on any atom is -0.325 e. The Labute approximate surface area is 126 Å². The molecular formula is C16H23ClN2O. The van der Waals surface area contributed by atoms with Crippen LogP contribution < -0.4 is 5.32 Å². The molecule has 0 aromatic heterocycles. The Bertz CT molecular complexity index is 450. The quantitative estimate of drug-likeness (QED) is 0.923. The fraction of sp³-hybridized carbons (Fsp3) is 0.562. The predicted octanol–water partition coefficient (Wildman–Crippen LogP) is 3.64. The average Bonchev–Trinajstić information content (AvgIpc) is 2.39. The van der Waals surface area contributed by atoms with Gasteiger partial charge in [-0.25, -0.2) is 0 Å². The Balaban J connectivity index is 1.96. The molecule has 110 valence electrons. The molecule has 0 aliphatic carbocycles. The number of piperidine rings is 1. The molecule has 0 bridgehead atoms. The molecule has 1 saturated heterocycles. The molecule has 0 unspecified atom stereocenters. The molecule has 0 spiro atoms. The highest BCUT2D eigenvalue weighted by molar-refractivity contribution is 6.30. The maximum Gasteiger partial charge on any atom is 0.241 e. The van der Waals surface area contributed by atoms with Crippen LogP contribution in [0.5, 0.6) is 0 Å². The molecule has 1 aromatic carbocycles. The highest BCUT2D eigenvalue weighted by Gasteiger charge is 2.28. The van der Waals surface area contributed by atoms with Crippen molar-refractivity contribution in [1.82, 2.24) is 4.90 Å². The molecular weight excluding hydrogens is 272 g/mol. The van der Waals surface area contributed by atoms with Crippen LogP contribution in [0.2, 0.25) is 5.02 Å².